The summed E-state index contributed by atoms with van der Waals surface area (Å²) >= 11 is 0. The summed E-state index contributed by atoms with van der Waals surface area (Å²) in [5.74, 6) is 0.0762. The van der Waals surface area contributed by atoms with Gasteiger partial charge in [-0.3, -0.25) is 37.3 Å². The third-order valence-corrected chi connectivity index (χ3v) is 18.0. The zero-order valence-corrected chi connectivity index (χ0v) is 59.7. The highest BCUT2D eigenvalue weighted by Gasteiger charge is 2.30. The van der Waals surface area contributed by atoms with E-state index in [2.05, 4.69) is 48.5 Å². The van der Waals surface area contributed by atoms with Crippen LogP contribution in [0.4, 0.5) is 0 Å². The molecule has 0 aromatic rings. The second-order valence-corrected chi connectivity index (χ2v) is 29.6. The van der Waals surface area contributed by atoms with E-state index in [4.69, 9.17) is 37.0 Å². The molecular formula is C70H136O17P2. The predicted molar refractivity (Wildman–Crippen MR) is 358 cm³/mol. The van der Waals surface area contributed by atoms with Gasteiger partial charge in [0.15, 0.2) is 12.2 Å². The predicted octanol–water partition coefficient (Wildman–Crippen LogP) is 19.8. The standard InChI is InChI=1S/C70H136O17P2/c1-8-9-10-11-12-13-14-15-16-17-22-32-39-46-53-69(74)86-65(57-80-67(72)51-44-37-30-21-19-18-20-27-34-41-48-61(2)3)59-84-88(76,77)82-55-64(71)56-83-89(78,79)85-60-66(87-70(75)54-47-40-33-26-24-29-36-43-50-63(6)7)58-81-68(73)52-45-38-31-25-23-28-35-42-49-62(4)5/h61-66,71H,8-60H2,1-7H3,(H,76,77)(H,78,79)/t64-,65-,66-/m1/s1. The molecule has 0 spiro atoms. The summed E-state index contributed by atoms with van der Waals surface area (Å²) in [5, 5.41) is 10.6. The van der Waals surface area contributed by atoms with Crippen LogP contribution in [0.5, 0.6) is 0 Å². The molecule has 0 heterocycles. The minimum atomic E-state index is -4.95. The first-order valence-corrected chi connectivity index (χ1v) is 39.3. The van der Waals surface area contributed by atoms with Gasteiger partial charge in [-0.25, -0.2) is 9.13 Å². The molecule has 0 aliphatic carbocycles. The molecule has 0 amide bonds. The highest BCUT2D eigenvalue weighted by molar-refractivity contribution is 7.47. The summed E-state index contributed by atoms with van der Waals surface area (Å²) in [7, 11) is -9.90. The zero-order chi connectivity index (χ0) is 65.9. The van der Waals surface area contributed by atoms with Crippen molar-refractivity contribution in [2.75, 3.05) is 39.6 Å². The lowest BCUT2D eigenvalue weighted by Gasteiger charge is -2.21. The highest BCUT2D eigenvalue weighted by atomic mass is 31.2. The van der Waals surface area contributed by atoms with Crippen LogP contribution >= 0.6 is 15.6 Å². The van der Waals surface area contributed by atoms with Crippen molar-refractivity contribution in [1.82, 2.24) is 0 Å². The van der Waals surface area contributed by atoms with E-state index in [1.54, 1.807) is 0 Å². The van der Waals surface area contributed by atoms with Gasteiger partial charge < -0.3 is 33.8 Å². The second kappa shape index (κ2) is 61.0. The number of ether oxygens (including phenoxy) is 4. The van der Waals surface area contributed by atoms with Crippen molar-refractivity contribution >= 4 is 39.5 Å². The number of phosphoric ester groups is 2. The van der Waals surface area contributed by atoms with Crippen molar-refractivity contribution < 1.29 is 80.2 Å². The molecule has 3 N–H and O–H groups in total. The van der Waals surface area contributed by atoms with Gasteiger partial charge in [-0.05, 0) is 43.4 Å². The lowest BCUT2D eigenvalue weighted by molar-refractivity contribution is -0.161. The first kappa shape index (κ1) is 87.1. The molecule has 17 nitrogen and oxygen atoms in total. The normalized spacial score (nSPS) is 14.2. The SMILES string of the molecule is CCCCCCCCCCCCCCCCC(=O)O[C@H](COC(=O)CCCCCCCCCCCCC(C)C)COP(=O)(O)OC[C@@H](O)COP(=O)(O)OC[C@@H](COC(=O)CCCCCCCCCCC(C)C)OC(=O)CCCCCCCCCCC(C)C. The Kier molecular flexibility index (Phi) is 59.6. The number of hydrogen-bond donors (Lipinski definition) is 3. The molecule has 5 atom stereocenters. The number of aliphatic hydroxyl groups is 1. The van der Waals surface area contributed by atoms with E-state index >= 15 is 0 Å². The van der Waals surface area contributed by atoms with Gasteiger partial charge in [-0.1, -0.05) is 299 Å². The van der Waals surface area contributed by atoms with E-state index in [0.717, 1.165) is 108 Å². The molecule has 0 aromatic heterocycles. The fourth-order valence-corrected chi connectivity index (χ4v) is 12.1. The van der Waals surface area contributed by atoms with Gasteiger partial charge in [0.2, 0.25) is 0 Å². The molecule has 0 radical (unpaired) electrons. The van der Waals surface area contributed by atoms with Crippen molar-refractivity contribution in [2.45, 2.75) is 369 Å². The lowest BCUT2D eigenvalue weighted by Crippen LogP contribution is -2.30. The van der Waals surface area contributed by atoms with Gasteiger partial charge in [-0.2, -0.15) is 0 Å². The molecule has 0 saturated heterocycles. The second-order valence-electron chi connectivity index (χ2n) is 26.7. The van der Waals surface area contributed by atoms with Gasteiger partial charge >= 0.3 is 39.5 Å². The third-order valence-electron chi connectivity index (χ3n) is 16.1. The molecule has 89 heavy (non-hydrogen) atoms. The summed E-state index contributed by atoms with van der Waals surface area (Å²) in [6.07, 6.45) is 44.4. The van der Waals surface area contributed by atoms with Crippen molar-refractivity contribution in [3.63, 3.8) is 0 Å². The van der Waals surface area contributed by atoms with Crippen LogP contribution in [0.1, 0.15) is 350 Å². The largest absolute Gasteiger partial charge is 0.472 e. The van der Waals surface area contributed by atoms with Crippen LogP contribution < -0.4 is 0 Å². The summed E-state index contributed by atoms with van der Waals surface area (Å²) in [6, 6.07) is 0. The number of carbonyl (C=O) groups excluding carboxylic acids is 4. The molecule has 0 aromatic carbocycles. The molecular weight excluding hydrogens is 1170 g/mol. The molecule has 0 rings (SSSR count). The monoisotopic (exact) mass is 1310 g/mol. The number of hydrogen-bond acceptors (Lipinski definition) is 15. The molecule has 0 fully saturated rings. The maximum Gasteiger partial charge on any atom is 0.472 e. The first-order valence-electron chi connectivity index (χ1n) is 36.3. The Hall–Kier alpha value is -1.94. The number of esters is 4. The topological polar surface area (TPSA) is 237 Å². The average molecular weight is 1310 g/mol. The molecule has 19 heteroatoms. The van der Waals surface area contributed by atoms with Crippen LogP contribution in [0.25, 0.3) is 0 Å². The Morgan fingerprint density at radius 2 is 0.517 bits per heavy atom. The van der Waals surface area contributed by atoms with Crippen LogP contribution in [-0.2, 0) is 65.4 Å². The third kappa shape index (κ3) is 64.6. The summed E-state index contributed by atoms with van der Waals surface area (Å²) in [5.41, 5.74) is 0. The quantitative estimate of drug-likeness (QED) is 0.0222. The summed E-state index contributed by atoms with van der Waals surface area (Å²) in [6.45, 7) is 11.8. The van der Waals surface area contributed by atoms with Gasteiger partial charge in [0.1, 0.15) is 19.3 Å². The number of unbranched alkanes of at least 4 members (excludes halogenated alkanes) is 36. The van der Waals surface area contributed by atoms with Crippen LogP contribution in [0.3, 0.4) is 0 Å². The zero-order valence-electron chi connectivity index (χ0n) is 57.9. The maximum absolute atomic E-state index is 13.0. The van der Waals surface area contributed by atoms with Crippen molar-refractivity contribution in [3.8, 4) is 0 Å². The molecule has 528 valence electrons. The van der Waals surface area contributed by atoms with Crippen LogP contribution in [0, 0.1) is 17.8 Å². The van der Waals surface area contributed by atoms with Gasteiger partial charge in [-0.15, -0.1) is 0 Å². The summed E-state index contributed by atoms with van der Waals surface area (Å²) in [4.78, 5) is 72.5. The number of carbonyl (C=O) groups is 4. The molecule has 0 saturated carbocycles. The van der Waals surface area contributed by atoms with Crippen LogP contribution in [-0.4, -0.2) is 96.7 Å². The Balaban J connectivity index is 5.26. The highest BCUT2D eigenvalue weighted by Crippen LogP contribution is 2.45. The van der Waals surface area contributed by atoms with Crippen LogP contribution in [0.2, 0.25) is 0 Å². The van der Waals surface area contributed by atoms with Crippen molar-refractivity contribution in [3.05, 3.63) is 0 Å². The van der Waals surface area contributed by atoms with Crippen LogP contribution in [0.15, 0.2) is 0 Å². The lowest BCUT2D eigenvalue weighted by atomic mass is 10.0. The molecule has 0 aliphatic heterocycles. The number of phosphoric acid groups is 2. The Morgan fingerprint density at radius 1 is 0.303 bits per heavy atom. The van der Waals surface area contributed by atoms with E-state index < -0.39 is 97.5 Å². The van der Waals surface area contributed by atoms with E-state index in [-0.39, 0.29) is 25.7 Å². The number of rotatable bonds is 68. The van der Waals surface area contributed by atoms with Crippen molar-refractivity contribution in [1.29, 1.82) is 0 Å². The average Bonchev–Trinajstić information content (AvgIpc) is 3.67. The molecule has 0 aliphatic rings. The van der Waals surface area contributed by atoms with E-state index in [1.165, 1.54) is 161 Å². The summed E-state index contributed by atoms with van der Waals surface area (Å²) < 4.78 is 68.3. The Labute approximate surface area is 543 Å². The van der Waals surface area contributed by atoms with E-state index in [0.29, 0.717) is 25.7 Å². The van der Waals surface area contributed by atoms with E-state index in [1.807, 2.05) is 0 Å². The van der Waals surface area contributed by atoms with Gasteiger partial charge in [0, 0.05) is 25.7 Å². The maximum atomic E-state index is 13.0. The number of aliphatic hydroxyl groups excluding tert-OH is 1. The molecule has 0 bridgehead atoms. The Bertz CT molecular complexity index is 1750. The van der Waals surface area contributed by atoms with Gasteiger partial charge in [0.25, 0.3) is 0 Å². The van der Waals surface area contributed by atoms with Crippen molar-refractivity contribution in [2.24, 2.45) is 17.8 Å². The minimum absolute atomic E-state index is 0.104. The smallest absolute Gasteiger partial charge is 0.462 e. The minimum Gasteiger partial charge on any atom is -0.462 e. The molecule has 2 unspecified atom stereocenters. The fraction of sp³-hybridized carbons (Fsp3) is 0.943. The van der Waals surface area contributed by atoms with E-state index in [9.17, 15) is 43.2 Å². The van der Waals surface area contributed by atoms with Gasteiger partial charge in [0.05, 0.1) is 26.4 Å². The fourth-order valence-electron chi connectivity index (χ4n) is 10.5. The first-order chi connectivity index (χ1) is 42.7. The Morgan fingerprint density at radius 3 is 0.764 bits per heavy atom.